The van der Waals surface area contributed by atoms with Crippen molar-refractivity contribution in [2.45, 2.75) is 19.3 Å². The number of rotatable bonds is 0. The van der Waals surface area contributed by atoms with Crippen LogP contribution in [0.2, 0.25) is 0 Å². The lowest BCUT2D eigenvalue weighted by Gasteiger charge is -1.84. The van der Waals surface area contributed by atoms with E-state index in [-0.39, 0.29) is 0 Å². The molecule has 0 atom stereocenters. The van der Waals surface area contributed by atoms with Crippen molar-refractivity contribution in [1.29, 1.82) is 0 Å². The highest BCUT2D eigenvalue weighted by Crippen LogP contribution is 2.00. The first-order chi connectivity index (χ1) is 3.50. The summed E-state index contributed by atoms with van der Waals surface area (Å²) in [5, 5.41) is 0. The van der Waals surface area contributed by atoms with E-state index in [9.17, 15) is 0 Å². The Morgan fingerprint density at radius 3 is 3.43 bits per heavy atom. The van der Waals surface area contributed by atoms with E-state index in [1.807, 2.05) is 6.21 Å². The van der Waals surface area contributed by atoms with Crippen LogP contribution in [0.5, 0.6) is 0 Å². The molecule has 1 heterocycles. The maximum atomic E-state index is 4.11. The third kappa shape index (κ3) is 1.72. The number of hydrogen-bond donors (Lipinski definition) is 0. The molecule has 0 aromatic carbocycles. The molecule has 0 aliphatic carbocycles. The molecule has 0 aromatic heterocycles. The Balaban J connectivity index is 2.20. The summed E-state index contributed by atoms with van der Waals surface area (Å²) in [6.45, 7) is 1.04. The summed E-state index contributed by atoms with van der Waals surface area (Å²) < 4.78 is 0. The largest absolute Gasteiger partial charge is 0.298 e. The quantitative estimate of drug-likeness (QED) is 0.432. The minimum atomic E-state index is 1.04. The smallest absolute Gasteiger partial charge is 0.0385 e. The van der Waals surface area contributed by atoms with Crippen LogP contribution in [0.15, 0.2) is 4.99 Å². The van der Waals surface area contributed by atoms with Crippen LogP contribution in [0.3, 0.4) is 0 Å². The van der Waals surface area contributed by atoms with Crippen LogP contribution in [0.1, 0.15) is 19.3 Å². The van der Waals surface area contributed by atoms with Gasteiger partial charge in [-0.2, -0.15) is 0 Å². The minimum absolute atomic E-state index is 1.04. The number of hydrogen-bond acceptors (Lipinski definition) is 1. The van der Waals surface area contributed by atoms with Crippen molar-refractivity contribution in [2.75, 3.05) is 6.54 Å². The second kappa shape index (κ2) is 2.78. The van der Waals surface area contributed by atoms with E-state index in [2.05, 4.69) is 11.4 Å². The molecule has 0 spiro atoms. The molecule has 0 saturated carbocycles. The van der Waals surface area contributed by atoms with Gasteiger partial charge in [-0.1, -0.05) is 0 Å². The lowest BCUT2D eigenvalue weighted by atomic mass is 10.2. The number of aliphatic imine (C=N–C) groups is 1. The summed E-state index contributed by atoms with van der Waals surface area (Å²) in [5.74, 6) is 0. The van der Waals surface area contributed by atoms with Crippen LogP contribution in [-0.2, 0) is 0 Å². The van der Waals surface area contributed by atoms with Gasteiger partial charge in [0.2, 0.25) is 0 Å². The maximum Gasteiger partial charge on any atom is 0.0385 e. The highest BCUT2D eigenvalue weighted by Gasteiger charge is 1.89. The second-order valence-electron chi connectivity index (χ2n) is 1.76. The van der Waals surface area contributed by atoms with Crippen LogP contribution in [0, 0.1) is 6.42 Å². The Bertz CT molecular complexity index is 58.6. The molecule has 1 aliphatic rings. The van der Waals surface area contributed by atoms with E-state index in [1.54, 1.807) is 0 Å². The maximum absolute atomic E-state index is 4.11. The van der Waals surface area contributed by atoms with Crippen molar-refractivity contribution in [3.8, 4) is 0 Å². The zero-order chi connectivity index (χ0) is 4.95. The molecule has 1 radical (unpaired) electrons. The highest BCUT2D eigenvalue weighted by molar-refractivity contribution is 5.58. The molecule has 0 fully saturated rings. The normalized spacial score (nSPS) is 21.7. The summed E-state index contributed by atoms with van der Waals surface area (Å²) in [4.78, 5) is 4.11. The first kappa shape index (κ1) is 4.82. The van der Waals surface area contributed by atoms with Crippen molar-refractivity contribution in [3.63, 3.8) is 0 Å². The summed E-state index contributed by atoms with van der Waals surface area (Å²) >= 11 is 0. The van der Waals surface area contributed by atoms with Gasteiger partial charge in [-0.25, -0.2) is 0 Å². The first-order valence-corrected chi connectivity index (χ1v) is 2.80. The van der Waals surface area contributed by atoms with Gasteiger partial charge in [-0.05, 0) is 31.9 Å². The van der Waals surface area contributed by atoms with Crippen molar-refractivity contribution in [3.05, 3.63) is 6.42 Å². The monoisotopic (exact) mass is 96.1 g/mol. The highest BCUT2D eigenvalue weighted by atomic mass is 14.7. The Kier molecular flexibility index (Phi) is 1.91. The van der Waals surface area contributed by atoms with E-state index in [4.69, 9.17) is 0 Å². The Labute approximate surface area is 44.5 Å². The fourth-order valence-corrected chi connectivity index (χ4v) is 0.685. The third-order valence-electron chi connectivity index (χ3n) is 1.10. The zero-order valence-electron chi connectivity index (χ0n) is 4.43. The average molecular weight is 96.2 g/mol. The van der Waals surface area contributed by atoms with Crippen LogP contribution < -0.4 is 0 Å². The summed E-state index contributed by atoms with van der Waals surface area (Å²) in [6, 6.07) is 0. The van der Waals surface area contributed by atoms with Crippen molar-refractivity contribution in [1.82, 2.24) is 0 Å². The molecule has 0 saturated heterocycles. The van der Waals surface area contributed by atoms with Gasteiger partial charge < -0.3 is 0 Å². The van der Waals surface area contributed by atoms with Crippen molar-refractivity contribution >= 4 is 6.21 Å². The molecule has 1 rings (SSSR count). The predicted octanol–water partition coefficient (Wildman–Crippen LogP) is 1.45. The molecule has 0 amide bonds. The van der Waals surface area contributed by atoms with Gasteiger partial charge in [0.1, 0.15) is 0 Å². The van der Waals surface area contributed by atoms with Gasteiger partial charge in [0.25, 0.3) is 0 Å². The van der Waals surface area contributed by atoms with Gasteiger partial charge in [0.05, 0.1) is 0 Å². The van der Waals surface area contributed by atoms with Gasteiger partial charge in [0, 0.05) is 6.54 Å². The first-order valence-electron chi connectivity index (χ1n) is 2.80. The van der Waals surface area contributed by atoms with Crippen molar-refractivity contribution in [2.24, 2.45) is 4.99 Å². The molecule has 1 nitrogen and oxygen atoms in total. The second-order valence-corrected chi connectivity index (χ2v) is 1.76. The molecule has 1 heteroatoms. The molecule has 0 aromatic rings. The SMILES string of the molecule is [CH]1CC=NCCC1. The van der Waals surface area contributed by atoms with E-state index in [0.29, 0.717) is 0 Å². The molecule has 39 valence electrons. The Morgan fingerprint density at radius 1 is 1.43 bits per heavy atom. The molecule has 0 unspecified atom stereocenters. The lowest BCUT2D eigenvalue weighted by molar-refractivity contribution is 0.834. The van der Waals surface area contributed by atoms with Crippen molar-refractivity contribution < 1.29 is 0 Å². The van der Waals surface area contributed by atoms with Crippen LogP contribution in [-0.4, -0.2) is 12.8 Å². The Hall–Kier alpha value is -0.330. The van der Waals surface area contributed by atoms with E-state index < -0.39 is 0 Å². The molecule has 1 aliphatic heterocycles. The molecular weight excluding hydrogens is 86.1 g/mol. The summed E-state index contributed by atoms with van der Waals surface area (Å²) in [7, 11) is 0. The molecule has 0 N–H and O–H groups in total. The minimum Gasteiger partial charge on any atom is -0.298 e. The van der Waals surface area contributed by atoms with E-state index in [0.717, 1.165) is 13.0 Å². The van der Waals surface area contributed by atoms with Crippen LogP contribution >= 0.6 is 0 Å². The van der Waals surface area contributed by atoms with Gasteiger partial charge in [0.15, 0.2) is 0 Å². The van der Waals surface area contributed by atoms with E-state index >= 15 is 0 Å². The van der Waals surface area contributed by atoms with Gasteiger partial charge in [-0.3, -0.25) is 4.99 Å². The molecule has 0 bridgehead atoms. The summed E-state index contributed by atoms with van der Waals surface area (Å²) in [5.41, 5.74) is 0. The molecular formula is C6H10N. The lowest BCUT2D eigenvalue weighted by Crippen LogP contribution is -1.74. The predicted molar refractivity (Wildman–Crippen MR) is 31.5 cm³/mol. The van der Waals surface area contributed by atoms with Gasteiger partial charge in [-0.15, -0.1) is 0 Å². The van der Waals surface area contributed by atoms with E-state index in [1.165, 1.54) is 12.8 Å². The van der Waals surface area contributed by atoms with Crippen LogP contribution in [0.4, 0.5) is 0 Å². The third-order valence-corrected chi connectivity index (χ3v) is 1.10. The zero-order valence-corrected chi connectivity index (χ0v) is 4.43. The fourth-order valence-electron chi connectivity index (χ4n) is 0.685. The number of nitrogens with zero attached hydrogens (tertiary/aromatic N) is 1. The Morgan fingerprint density at radius 2 is 2.43 bits per heavy atom. The standard InChI is InChI=1S/C6H10N/c1-2-4-6-7-5-3-1/h1,5H,2-4,6H2. The molecule has 7 heavy (non-hydrogen) atoms. The van der Waals surface area contributed by atoms with Crippen LogP contribution in [0.25, 0.3) is 0 Å². The topological polar surface area (TPSA) is 12.4 Å². The average Bonchev–Trinajstić information content (AvgIpc) is 1.90. The summed E-state index contributed by atoms with van der Waals surface area (Å²) in [6.07, 6.45) is 7.85. The van der Waals surface area contributed by atoms with Gasteiger partial charge >= 0.3 is 0 Å². The fraction of sp³-hybridized carbons (Fsp3) is 0.667.